The zero-order chi connectivity index (χ0) is 33.4. The third-order valence-electron chi connectivity index (χ3n) is 9.23. The Morgan fingerprint density at radius 2 is 1.79 bits per heavy atom. The molecule has 2 saturated carbocycles. The number of halogens is 1. The minimum atomic E-state index is -0.911. The number of nitrogens with zero attached hydrogens (tertiary/aromatic N) is 1. The van der Waals surface area contributed by atoms with E-state index in [1.54, 1.807) is 0 Å². The van der Waals surface area contributed by atoms with Gasteiger partial charge in [0.05, 0.1) is 23.2 Å². The molecule has 3 aromatic carbocycles. The molecule has 6 rings (SSSR count). The number of hydrogen-bond donors (Lipinski definition) is 3. The highest BCUT2D eigenvalue weighted by atomic mass is 35.5. The average molecular weight is 671 g/mol. The lowest BCUT2D eigenvalue weighted by Crippen LogP contribution is -2.18. The number of carboxylic acids is 1. The molecule has 2 aliphatic rings. The van der Waals surface area contributed by atoms with Crippen LogP contribution < -0.4 is 5.73 Å². The second-order valence-corrected chi connectivity index (χ2v) is 15.4. The highest BCUT2D eigenvalue weighted by Crippen LogP contribution is 2.53. The summed E-state index contributed by atoms with van der Waals surface area (Å²) >= 11 is 8.04. The Balaban J connectivity index is 0.000000650. The molecule has 0 unspecified atom stereocenters. The maximum atomic E-state index is 11.5. The van der Waals surface area contributed by atoms with E-state index in [4.69, 9.17) is 22.3 Å². The van der Waals surface area contributed by atoms with Crippen LogP contribution >= 0.6 is 23.4 Å². The highest BCUT2D eigenvalue weighted by Gasteiger charge is 2.44. The van der Waals surface area contributed by atoms with Crippen LogP contribution in [0.2, 0.25) is 5.02 Å². The molecule has 1 aromatic heterocycles. The van der Waals surface area contributed by atoms with Crippen LogP contribution in [-0.2, 0) is 16.8 Å². The molecule has 4 aromatic rings. The summed E-state index contributed by atoms with van der Waals surface area (Å²) in [6.45, 7) is 3.66. The van der Waals surface area contributed by atoms with Gasteiger partial charge in [-0.2, -0.15) is 11.8 Å². The van der Waals surface area contributed by atoms with E-state index >= 15 is 0 Å². The Morgan fingerprint density at radius 1 is 1.04 bits per heavy atom. The van der Waals surface area contributed by atoms with Crippen LogP contribution in [0.15, 0.2) is 78.9 Å². The first-order valence-electron chi connectivity index (χ1n) is 16.7. The van der Waals surface area contributed by atoms with Crippen molar-refractivity contribution >= 4 is 52.4 Å². The predicted molar refractivity (Wildman–Crippen MR) is 198 cm³/mol. The zero-order valence-electron chi connectivity index (χ0n) is 27.5. The summed E-state index contributed by atoms with van der Waals surface area (Å²) < 4.78 is 0. The molecular weight excluding hydrogens is 624 g/mol. The third kappa shape index (κ3) is 10.4. The van der Waals surface area contributed by atoms with E-state index < -0.39 is 11.6 Å². The molecule has 1 heterocycles. The van der Waals surface area contributed by atoms with Gasteiger partial charge in [0.15, 0.2) is 0 Å². The van der Waals surface area contributed by atoms with Crippen molar-refractivity contribution in [2.45, 2.75) is 88.5 Å². The van der Waals surface area contributed by atoms with Gasteiger partial charge in [0.1, 0.15) is 0 Å². The average Bonchev–Trinajstić information content (AvgIpc) is 3.62. The van der Waals surface area contributed by atoms with Crippen LogP contribution in [0.3, 0.4) is 0 Å². The van der Waals surface area contributed by atoms with Gasteiger partial charge in [-0.15, -0.1) is 0 Å². The first kappa shape index (κ1) is 35.2. The van der Waals surface area contributed by atoms with E-state index in [1.165, 1.54) is 31.2 Å². The first-order chi connectivity index (χ1) is 22.5. The highest BCUT2D eigenvalue weighted by molar-refractivity contribution is 7.99. The topological polar surface area (TPSA) is 96.4 Å². The van der Waals surface area contributed by atoms with Gasteiger partial charge in [-0.25, -0.2) is 4.98 Å². The minimum absolute atomic E-state index is 0.0814. The molecule has 2 fully saturated rings. The molecule has 0 spiro atoms. The van der Waals surface area contributed by atoms with E-state index in [2.05, 4.69) is 42.5 Å². The molecule has 0 amide bonds. The maximum absolute atomic E-state index is 11.5. The number of rotatable bonds is 12. The molecular formula is C40H47ClN2O3S. The second-order valence-electron chi connectivity index (χ2n) is 13.7. The summed E-state index contributed by atoms with van der Waals surface area (Å²) in [5, 5.41) is 22.1. The number of benzene rings is 3. The number of pyridine rings is 1. The van der Waals surface area contributed by atoms with Crippen molar-refractivity contribution < 1.29 is 15.0 Å². The number of thioether (sulfide) groups is 1. The number of fused-ring (bicyclic) bond motifs is 1. The summed E-state index contributed by atoms with van der Waals surface area (Å²) in [5.74, 6) is 0.122. The van der Waals surface area contributed by atoms with Gasteiger partial charge in [-0.3, -0.25) is 4.79 Å². The SMILES string of the molecule is CC(C)(O)c1ccccc1CC[C@@H](SCC1(CC(=O)O)CC1)c1cccc(C=Cc2ccc3ccc(Cl)cc3n2)c1.NC1CCCC1. The first-order valence-corrected chi connectivity index (χ1v) is 18.2. The third-order valence-corrected chi connectivity index (χ3v) is 11.2. The van der Waals surface area contributed by atoms with Gasteiger partial charge in [0, 0.05) is 27.5 Å². The lowest BCUT2D eigenvalue weighted by atomic mass is 9.90. The Labute approximate surface area is 288 Å². The molecule has 47 heavy (non-hydrogen) atoms. The van der Waals surface area contributed by atoms with Gasteiger partial charge in [0.25, 0.3) is 0 Å². The minimum Gasteiger partial charge on any atom is -0.481 e. The van der Waals surface area contributed by atoms with E-state index in [-0.39, 0.29) is 17.1 Å². The number of nitrogens with two attached hydrogens (primary N) is 1. The van der Waals surface area contributed by atoms with Gasteiger partial charge < -0.3 is 15.9 Å². The van der Waals surface area contributed by atoms with Gasteiger partial charge in [-0.05, 0) is 104 Å². The van der Waals surface area contributed by atoms with E-state index in [0.717, 1.165) is 64.7 Å². The molecule has 0 radical (unpaired) electrons. The number of aliphatic hydroxyl groups is 1. The summed E-state index contributed by atoms with van der Waals surface area (Å²) in [6.07, 6.45) is 13.3. The van der Waals surface area contributed by atoms with Crippen LogP contribution in [0.1, 0.15) is 98.4 Å². The molecule has 1 atom stereocenters. The van der Waals surface area contributed by atoms with Crippen molar-refractivity contribution in [3.8, 4) is 0 Å². The summed E-state index contributed by atoms with van der Waals surface area (Å²) in [4.78, 5) is 16.2. The van der Waals surface area contributed by atoms with Crippen molar-refractivity contribution in [2.24, 2.45) is 11.1 Å². The molecule has 7 heteroatoms. The Hall–Kier alpha value is -3.16. The monoisotopic (exact) mass is 670 g/mol. The number of aromatic nitrogens is 1. The molecule has 4 N–H and O–H groups in total. The van der Waals surface area contributed by atoms with Crippen LogP contribution in [0, 0.1) is 5.41 Å². The molecule has 248 valence electrons. The zero-order valence-corrected chi connectivity index (χ0v) is 29.1. The normalized spacial score (nSPS) is 16.6. The number of aryl methyl sites for hydroxylation is 1. The smallest absolute Gasteiger partial charge is 0.303 e. The van der Waals surface area contributed by atoms with Crippen molar-refractivity contribution in [3.63, 3.8) is 0 Å². The van der Waals surface area contributed by atoms with Gasteiger partial charge in [-0.1, -0.05) is 91.2 Å². The molecule has 5 nitrogen and oxygen atoms in total. The fourth-order valence-corrected chi connectivity index (χ4v) is 8.05. The second kappa shape index (κ2) is 15.8. The number of aliphatic carboxylic acids is 1. The lowest BCUT2D eigenvalue weighted by molar-refractivity contribution is -0.138. The van der Waals surface area contributed by atoms with Crippen molar-refractivity contribution in [1.82, 2.24) is 4.98 Å². The lowest BCUT2D eigenvalue weighted by Gasteiger charge is -2.24. The van der Waals surface area contributed by atoms with Crippen LogP contribution in [0.5, 0.6) is 0 Å². The van der Waals surface area contributed by atoms with Crippen LogP contribution in [-0.4, -0.2) is 33.0 Å². The van der Waals surface area contributed by atoms with E-state index in [1.807, 2.05) is 74.1 Å². The van der Waals surface area contributed by atoms with Crippen molar-refractivity contribution in [3.05, 3.63) is 112 Å². The van der Waals surface area contributed by atoms with Gasteiger partial charge in [0.2, 0.25) is 0 Å². The van der Waals surface area contributed by atoms with Crippen molar-refractivity contribution in [2.75, 3.05) is 5.75 Å². The Morgan fingerprint density at radius 3 is 2.47 bits per heavy atom. The fourth-order valence-electron chi connectivity index (χ4n) is 6.32. The summed E-state index contributed by atoms with van der Waals surface area (Å²) in [5.41, 5.74) is 10.7. The van der Waals surface area contributed by atoms with Crippen LogP contribution in [0.25, 0.3) is 23.1 Å². The molecule has 0 bridgehead atoms. The maximum Gasteiger partial charge on any atom is 0.303 e. The van der Waals surface area contributed by atoms with Crippen molar-refractivity contribution in [1.29, 1.82) is 0 Å². The Kier molecular flexibility index (Phi) is 11.8. The van der Waals surface area contributed by atoms with E-state index in [0.29, 0.717) is 11.1 Å². The van der Waals surface area contributed by atoms with E-state index in [9.17, 15) is 15.0 Å². The number of carboxylic acid groups (broad SMARTS) is 1. The predicted octanol–water partition coefficient (Wildman–Crippen LogP) is 9.84. The Bertz CT molecular complexity index is 1690. The fraction of sp³-hybridized carbons (Fsp3) is 0.400. The van der Waals surface area contributed by atoms with Crippen LogP contribution in [0.4, 0.5) is 0 Å². The summed E-state index contributed by atoms with van der Waals surface area (Å²) in [6, 6.07) is 27.0. The standard InChI is InChI=1S/C35H36ClNO3S.C5H11N/c1-34(2,40)30-9-4-3-7-25(30)13-17-32(41-23-35(18-19-35)22-33(38)39)27-8-5-6-24(20-27)10-15-29-16-12-26-11-14-28(36)21-31(26)37-29;6-5-3-1-2-4-5/h3-12,14-16,20-21,32,40H,13,17-19,22-23H2,1-2H3,(H,38,39);5H,1-4,6H2/t32-;/m1./s1. The number of carbonyl (C=O) groups is 1. The molecule has 2 aliphatic carbocycles. The number of hydrogen-bond acceptors (Lipinski definition) is 5. The molecule has 0 aliphatic heterocycles. The quantitative estimate of drug-likeness (QED) is 0.139. The molecule has 0 saturated heterocycles. The summed E-state index contributed by atoms with van der Waals surface area (Å²) in [7, 11) is 0. The van der Waals surface area contributed by atoms with Gasteiger partial charge >= 0.3 is 5.97 Å². The largest absolute Gasteiger partial charge is 0.481 e.